The Morgan fingerprint density at radius 3 is 2.67 bits per heavy atom. The van der Waals surface area contributed by atoms with Crippen LogP contribution in [0.25, 0.3) is 0 Å². The predicted octanol–water partition coefficient (Wildman–Crippen LogP) is 3.89. The maximum Gasteiger partial charge on any atom is 0.271 e. The normalized spacial score (nSPS) is 10.3. The van der Waals surface area contributed by atoms with E-state index >= 15 is 0 Å². The third-order valence-corrected chi connectivity index (χ3v) is 4.26. The summed E-state index contributed by atoms with van der Waals surface area (Å²) in [5.41, 5.74) is 3.02. The van der Waals surface area contributed by atoms with Gasteiger partial charge in [0.05, 0.1) is 28.9 Å². The Morgan fingerprint density at radius 1 is 1.26 bits per heavy atom. The van der Waals surface area contributed by atoms with Crippen molar-refractivity contribution >= 4 is 28.6 Å². The van der Waals surface area contributed by atoms with Crippen LogP contribution in [-0.4, -0.2) is 22.9 Å². The molecule has 1 heterocycles. The minimum atomic E-state index is -0.538. The topological polar surface area (TPSA) is 104 Å². The Labute approximate surface area is 158 Å². The summed E-state index contributed by atoms with van der Waals surface area (Å²) >= 11 is 1.49. The molecule has 0 saturated heterocycles. The minimum absolute atomic E-state index is 0.142. The summed E-state index contributed by atoms with van der Waals surface area (Å²) in [6.45, 7) is 0.347. The summed E-state index contributed by atoms with van der Waals surface area (Å²) in [7, 11) is 1.42. The number of methoxy groups -OCH3 is 1. The number of thiazole rings is 1. The summed E-state index contributed by atoms with van der Waals surface area (Å²) in [4.78, 5) is 27.0. The number of nitro benzene ring substituents is 1. The summed E-state index contributed by atoms with van der Waals surface area (Å²) in [6, 6.07) is 10.6. The number of carbonyl (C=O) groups is 1. The molecule has 0 fully saturated rings. The van der Waals surface area contributed by atoms with E-state index in [4.69, 9.17) is 9.47 Å². The lowest BCUT2D eigenvalue weighted by Gasteiger charge is -2.10. The van der Waals surface area contributed by atoms with Gasteiger partial charge >= 0.3 is 0 Å². The Balaban J connectivity index is 1.69. The van der Waals surface area contributed by atoms with Crippen molar-refractivity contribution in [2.75, 3.05) is 12.4 Å². The number of nitro groups is 1. The van der Waals surface area contributed by atoms with Crippen LogP contribution in [0.5, 0.6) is 11.5 Å². The van der Waals surface area contributed by atoms with Gasteiger partial charge in [0.25, 0.3) is 11.6 Å². The maximum atomic E-state index is 12.4. The lowest BCUT2D eigenvalue weighted by atomic mass is 10.2. The molecule has 3 rings (SSSR count). The summed E-state index contributed by atoms with van der Waals surface area (Å²) in [5.74, 6) is 0.518. The van der Waals surface area contributed by atoms with E-state index in [2.05, 4.69) is 10.3 Å². The molecule has 1 amide bonds. The number of carbonyl (C=O) groups excluding carboxylic acids is 1. The van der Waals surface area contributed by atoms with Crippen LogP contribution in [-0.2, 0) is 6.61 Å². The second-order valence-electron chi connectivity index (χ2n) is 5.39. The second kappa shape index (κ2) is 8.28. The third kappa shape index (κ3) is 4.59. The van der Waals surface area contributed by atoms with Crippen LogP contribution in [0.3, 0.4) is 0 Å². The first kappa shape index (κ1) is 18.3. The predicted molar refractivity (Wildman–Crippen MR) is 100 cm³/mol. The zero-order valence-electron chi connectivity index (χ0n) is 14.2. The van der Waals surface area contributed by atoms with Crippen LogP contribution in [0.2, 0.25) is 0 Å². The lowest BCUT2D eigenvalue weighted by molar-refractivity contribution is -0.384. The molecule has 9 heteroatoms. The van der Waals surface area contributed by atoms with E-state index in [1.54, 1.807) is 29.8 Å². The van der Waals surface area contributed by atoms with Gasteiger partial charge in [-0.05, 0) is 30.3 Å². The molecule has 0 spiro atoms. The Bertz CT molecular complexity index is 942. The van der Waals surface area contributed by atoms with Crippen molar-refractivity contribution in [1.29, 1.82) is 0 Å². The van der Waals surface area contributed by atoms with E-state index in [-0.39, 0.29) is 11.4 Å². The van der Waals surface area contributed by atoms with E-state index in [1.807, 2.05) is 5.38 Å². The van der Waals surface area contributed by atoms with E-state index in [1.165, 1.54) is 36.6 Å². The molecule has 8 nitrogen and oxygen atoms in total. The number of ether oxygens (including phenoxy) is 2. The second-order valence-corrected chi connectivity index (χ2v) is 6.11. The molecule has 0 aliphatic rings. The quantitative estimate of drug-likeness (QED) is 0.489. The fourth-order valence-electron chi connectivity index (χ4n) is 2.27. The van der Waals surface area contributed by atoms with Gasteiger partial charge in [-0.1, -0.05) is 0 Å². The number of anilines is 1. The van der Waals surface area contributed by atoms with Gasteiger partial charge in [0, 0.05) is 23.1 Å². The van der Waals surface area contributed by atoms with Gasteiger partial charge in [-0.25, -0.2) is 4.98 Å². The molecule has 2 aromatic carbocycles. The molecule has 0 bridgehead atoms. The zero-order valence-corrected chi connectivity index (χ0v) is 15.1. The van der Waals surface area contributed by atoms with E-state index in [0.717, 1.165) is 5.69 Å². The van der Waals surface area contributed by atoms with Crippen LogP contribution in [0.4, 0.5) is 11.4 Å². The van der Waals surface area contributed by atoms with Crippen molar-refractivity contribution in [1.82, 2.24) is 4.98 Å². The highest BCUT2D eigenvalue weighted by molar-refractivity contribution is 7.07. The number of amides is 1. The molecule has 27 heavy (non-hydrogen) atoms. The van der Waals surface area contributed by atoms with Gasteiger partial charge in [-0.2, -0.15) is 0 Å². The standard InChI is InChI=1S/C18H15N3O5S/c1-25-17-7-4-14(21(23)24)8-16(17)20-18(22)12-2-5-15(6-3-12)26-9-13-10-27-11-19-13/h2-8,10-11H,9H2,1H3,(H,20,22). The Morgan fingerprint density at radius 2 is 2.04 bits per heavy atom. The summed E-state index contributed by atoms with van der Waals surface area (Å²) < 4.78 is 10.7. The van der Waals surface area contributed by atoms with Crippen LogP contribution >= 0.6 is 11.3 Å². The maximum absolute atomic E-state index is 12.4. The first-order valence-corrected chi connectivity index (χ1v) is 8.75. The summed E-state index contributed by atoms with van der Waals surface area (Å²) in [5, 5.41) is 15.5. The van der Waals surface area contributed by atoms with Crippen molar-refractivity contribution in [3.8, 4) is 11.5 Å². The third-order valence-electron chi connectivity index (χ3n) is 3.63. The average Bonchev–Trinajstić information content (AvgIpc) is 3.20. The number of nitrogens with one attached hydrogen (secondary N) is 1. The number of benzene rings is 2. The highest BCUT2D eigenvalue weighted by Gasteiger charge is 2.14. The highest BCUT2D eigenvalue weighted by atomic mass is 32.1. The van der Waals surface area contributed by atoms with Crippen molar-refractivity contribution in [2.45, 2.75) is 6.61 Å². The number of non-ortho nitro benzene ring substituents is 1. The van der Waals surface area contributed by atoms with Crippen LogP contribution < -0.4 is 14.8 Å². The number of hydrogen-bond acceptors (Lipinski definition) is 7. The molecular formula is C18H15N3O5S. The van der Waals surface area contributed by atoms with Crippen molar-refractivity contribution in [3.05, 3.63) is 74.7 Å². The molecule has 3 aromatic rings. The minimum Gasteiger partial charge on any atom is -0.495 e. The zero-order chi connectivity index (χ0) is 19.2. The number of hydrogen-bond donors (Lipinski definition) is 1. The van der Waals surface area contributed by atoms with Crippen molar-refractivity contribution in [2.24, 2.45) is 0 Å². The van der Waals surface area contributed by atoms with Gasteiger partial charge in [0.2, 0.25) is 0 Å². The molecular weight excluding hydrogens is 370 g/mol. The SMILES string of the molecule is COc1ccc([N+](=O)[O-])cc1NC(=O)c1ccc(OCc2cscn2)cc1. The van der Waals surface area contributed by atoms with Crippen LogP contribution in [0.15, 0.2) is 53.4 Å². The van der Waals surface area contributed by atoms with E-state index in [9.17, 15) is 14.9 Å². The number of aromatic nitrogens is 1. The van der Waals surface area contributed by atoms with E-state index < -0.39 is 10.8 Å². The molecule has 0 atom stereocenters. The molecule has 0 aliphatic carbocycles. The fourth-order valence-corrected chi connectivity index (χ4v) is 2.81. The first-order valence-electron chi connectivity index (χ1n) is 7.80. The van der Waals surface area contributed by atoms with Crippen molar-refractivity contribution < 1.29 is 19.2 Å². The van der Waals surface area contributed by atoms with E-state index in [0.29, 0.717) is 23.7 Å². The molecule has 0 unspecified atom stereocenters. The highest BCUT2D eigenvalue weighted by Crippen LogP contribution is 2.29. The number of nitrogens with zero attached hydrogens (tertiary/aromatic N) is 2. The van der Waals surface area contributed by atoms with Gasteiger partial charge in [0.15, 0.2) is 0 Å². The lowest BCUT2D eigenvalue weighted by Crippen LogP contribution is -2.12. The fraction of sp³-hybridized carbons (Fsp3) is 0.111. The molecule has 0 radical (unpaired) electrons. The van der Waals surface area contributed by atoms with Crippen LogP contribution in [0.1, 0.15) is 16.1 Å². The molecule has 0 saturated carbocycles. The Kier molecular flexibility index (Phi) is 5.62. The average molecular weight is 385 g/mol. The molecule has 1 N–H and O–H groups in total. The monoisotopic (exact) mass is 385 g/mol. The Hall–Kier alpha value is -3.46. The van der Waals surface area contributed by atoms with Gasteiger partial charge in [-0.3, -0.25) is 14.9 Å². The molecule has 0 aliphatic heterocycles. The largest absolute Gasteiger partial charge is 0.495 e. The van der Waals surface area contributed by atoms with Gasteiger partial charge in [-0.15, -0.1) is 11.3 Å². The molecule has 138 valence electrons. The smallest absolute Gasteiger partial charge is 0.271 e. The first-order chi connectivity index (χ1) is 13.1. The number of rotatable bonds is 7. The van der Waals surface area contributed by atoms with Crippen LogP contribution in [0, 0.1) is 10.1 Å². The summed E-state index contributed by atoms with van der Waals surface area (Å²) in [6.07, 6.45) is 0. The van der Waals surface area contributed by atoms with Gasteiger partial charge < -0.3 is 14.8 Å². The van der Waals surface area contributed by atoms with Gasteiger partial charge in [0.1, 0.15) is 18.1 Å². The molecule has 1 aromatic heterocycles. The van der Waals surface area contributed by atoms with Crippen molar-refractivity contribution in [3.63, 3.8) is 0 Å².